The Morgan fingerprint density at radius 2 is 2.03 bits per heavy atom. The van der Waals surface area contributed by atoms with E-state index in [1.165, 1.54) is 18.1 Å². The number of halogens is 1. The van der Waals surface area contributed by atoms with Crippen molar-refractivity contribution in [2.24, 2.45) is 0 Å². The van der Waals surface area contributed by atoms with E-state index in [9.17, 15) is 14.7 Å². The molecule has 1 N–H and O–H groups in total. The van der Waals surface area contributed by atoms with Crippen molar-refractivity contribution in [2.75, 3.05) is 46.5 Å². The maximum Gasteiger partial charge on any atom is 0.295 e. The molecule has 1 atom stereocenters. The summed E-state index contributed by atoms with van der Waals surface area (Å²) in [6, 6.07) is 7.53. The molecule has 4 rings (SSSR count). The van der Waals surface area contributed by atoms with E-state index in [0.29, 0.717) is 48.1 Å². The second-order valence-electron chi connectivity index (χ2n) is 7.94. The van der Waals surface area contributed by atoms with Crippen molar-refractivity contribution in [3.05, 3.63) is 64.4 Å². The van der Waals surface area contributed by atoms with Crippen molar-refractivity contribution >= 4 is 29.1 Å². The minimum atomic E-state index is -0.732. The molecule has 1 aromatic heterocycles. The number of aromatic nitrogens is 1. The van der Waals surface area contributed by atoms with Crippen LogP contribution in [-0.2, 0) is 14.3 Å². The molecule has 8 nitrogen and oxygen atoms in total. The first-order valence-electron chi connectivity index (χ1n) is 10.8. The normalized spacial score (nSPS) is 20.9. The Labute approximate surface area is 197 Å². The van der Waals surface area contributed by atoms with E-state index in [0.717, 1.165) is 19.6 Å². The smallest absolute Gasteiger partial charge is 0.295 e. The molecule has 0 bridgehead atoms. The first-order valence-corrected chi connectivity index (χ1v) is 11.2. The summed E-state index contributed by atoms with van der Waals surface area (Å²) in [7, 11) is 1.49. The van der Waals surface area contributed by atoms with E-state index in [-0.39, 0.29) is 11.3 Å². The predicted octanol–water partition coefficient (Wildman–Crippen LogP) is 2.89. The molecule has 9 heteroatoms. The number of aliphatic hydroxyl groups is 1. The number of amides is 1. The van der Waals surface area contributed by atoms with E-state index in [2.05, 4.69) is 9.88 Å². The minimum Gasteiger partial charge on any atom is -0.507 e. The Morgan fingerprint density at radius 1 is 1.24 bits per heavy atom. The number of likely N-dealkylation sites (tertiary alicyclic amines) is 1. The molecule has 2 aliphatic heterocycles. The van der Waals surface area contributed by atoms with Crippen molar-refractivity contribution in [3.63, 3.8) is 0 Å². The van der Waals surface area contributed by atoms with Crippen LogP contribution in [0.4, 0.5) is 0 Å². The summed E-state index contributed by atoms with van der Waals surface area (Å²) in [5.74, 6) is -1.19. The number of morpholine rings is 1. The summed E-state index contributed by atoms with van der Waals surface area (Å²) in [6.07, 6.45) is 3.93. The van der Waals surface area contributed by atoms with Crippen LogP contribution in [0.25, 0.3) is 5.76 Å². The molecule has 0 radical (unpaired) electrons. The van der Waals surface area contributed by atoms with Crippen molar-refractivity contribution in [3.8, 4) is 5.75 Å². The number of Topliss-reactive ketones (excluding diaryl/α,β-unsaturated/α-hetero) is 1. The number of nitrogens with zero attached hydrogens (tertiary/aromatic N) is 3. The lowest BCUT2D eigenvalue weighted by Gasteiger charge is -2.29. The third-order valence-corrected chi connectivity index (χ3v) is 6.24. The van der Waals surface area contributed by atoms with E-state index in [1.54, 1.807) is 36.7 Å². The Morgan fingerprint density at radius 3 is 2.70 bits per heavy atom. The minimum absolute atomic E-state index is 0.0283. The first kappa shape index (κ1) is 23.2. The number of aliphatic hydroxyl groups excluding tert-OH is 1. The van der Waals surface area contributed by atoms with E-state index >= 15 is 0 Å². The molecular weight excluding hydrogens is 446 g/mol. The molecule has 0 spiro atoms. The van der Waals surface area contributed by atoms with E-state index < -0.39 is 17.7 Å². The standard InChI is InChI=1S/C24H26ClN3O5/c1-32-19-6-5-16(14-18(19)25)22(29)20-21(17-4-2-7-26-15-17)28(24(31)23(20)30)9-3-8-27-10-12-33-13-11-27/h2,4-7,14-15,21,29H,3,8-13H2,1H3. The number of carbonyl (C=O) groups is 2. The average Bonchev–Trinajstić information content (AvgIpc) is 3.10. The van der Waals surface area contributed by atoms with Crippen molar-refractivity contribution in [2.45, 2.75) is 12.5 Å². The highest BCUT2D eigenvalue weighted by Crippen LogP contribution is 2.40. The lowest BCUT2D eigenvalue weighted by atomic mass is 9.96. The maximum atomic E-state index is 13.1. The van der Waals surface area contributed by atoms with Gasteiger partial charge in [0.05, 0.1) is 37.0 Å². The number of benzene rings is 1. The van der Waals surface area contributed by atoms with Gasteiger partial charge in [-0.2, -0.15) is 0 Å². The van der Waals surface area contributed by atoms with Crippen LogP contribution in [0.1, 0.15) is 23.6 Å². The topological polar surface area (TPSA) is 92.2 Å². The van der Waals surface area contributed by atoms with Gasteiger partial charge in [-0.05, 0) is 36.2 Å². The number of carbonyl (C=O) groups excluding carboxylic acids is 2. The number of pyridine rings is 1. The number of ketones is 1. The highest BCUT2D eigenvalue weighted by Gasteiger charge is 2.46. The zero-order chi connectivity index (χ0) is 23.4. The monoisotopic (exact) mass is 471 g/mol. The molecule has 2 saturated heterocycles. The SMILES string of the molecule is COc1ccc(C(O)=C2C(=O)C(=O)N(CCCN3CCOCC3)C2c2cccnc2)cc1Cl. The highest BCUT2D eigenvalue weighted by molar-refractivity contribution is 6.46. The van der Waals surface area contributed by atoms with Gasteiger partial charge in [0.1, 0.15) is 11.5 Å². The van der Waals surface area contributed by atoms with Gasteiger partial charge in [-0.15, -0.1) is 0 Å². The maximum absolute atomic E-state index is 13.1. The summed E-state index contributed by atoms with van der Waals surface area (Å²) in [5.41, 5.74) is 1.02. The Hall–Kier alpha value is -2.94. The van der Waals surface area contributed by atoms with Crippen LogP contribution in [0.3, 0.4) is 0 Å². The summed E-state index contributed by atoms with van der Waals surface area (Å²) in [4.78, 5) is 34.0. The molecule has 1 aromatic carbocycles. The molecule has 2 aliphatic rings. The quantitative estimate of drug-likeness (QED) is 0.377. The second kappa shape index (κ2) is 10.3. The second-order valence-corrected chi connectivity index (χ2v) is 8.34. The van der Waals surface area contributed by atoms with Gasteiger partial charge in [-0.1, -0.05) is 17.7 Å². The number of methoxy groups -OCH3 is 1. The van der Waals surface area contributed by atoms with Gasteiger partial charge in [0.25, 0.3) is 11.7 Å². The van der Waals surface area contributed by atoms with Crippen LogP contribution in [0.15, 0.2) is 48.3 Å². The van der Waals surface area contributed by atoms with Gasteiger partial charge in [0, 0.05) is 44.1 Å². The molecule has 1 unspecified atom stereocenters. The number of rotatable bonds is 7. The molecule has 2 fully saturated rings. The summed E-state index contributed by atoms with van der Waals surface area (Å²) < 4.78 is 10.5. The van der Waals surface area contributed by atoms with Gasteiger partial charge >= 0.3 is 0 Å². The fourth-order valence-electron chi connectivity index (χ4n) is 4.25. The van der Waals surface area contributed by atoms with Gasteiger partial charge < -0.3 is 19.5 Å². The fourth-order valence-corrected chi connectivity index (χ4v) is 4.51. The van der Waals surface area contributed by atoms with Crippen LogP contribution < -0.4 is 4.74 Å². The predicted molar refractivity (Wildman–Crippen MR) is 123 cm³/mol. The highest BCUT2D eigenvalue weighted by atomic mass is 35.5. The van der Waals surface area contributed by atoms with Crippen LogP contribution in [0.2, 0.25) is 5.02 Å². The van der Waals surface area contributed by atoms with Crippen molar-refractivity contribution in [1.82, 2.24) is 14.8 Å². The van der Waals surface area contributed by atoms with Gasteiger partial charge in [-0.3, -0.25) is 19.5 Å². The van der Waals surface area contributed by atoms with Crippen LogP contribution in [-0.4, -0.2) is 78.1 Å². The van der Waals surface area contributed by atoms with Crippen LogP contribution in [0, 0.1) is 0 Å². The van der Waals surface area contributed by atoms with Gasteiger partial charge in [0.15, 0.2) is 0 Å². The third kappa shape index (κ3) is 4.88. The van der Waals surface area contributed by atoms with Gasteiger partial charge in [-0.25, -0.2) is 0 Å². The van der Waals surface area contributed by atoms with E-state index in [4.69, 9.17) is 21.1 Å². The lowest BCUT2D eigenvalue weighted by Crippen LogP contribution is -2.39. The molecule has 0 saturated carbocycles. The van der Waals surface area contributed by atoms with Crippen molar-refractivity contribution in [1.29, 1.82) is 0 Å². The zero-order valence-corrected chi connectivity index (χ0v) is 19.1. The third-order valence-electron chi connectivity index (χ3n) is 5.94. The molecule has 174 valence electrons. The lowest BCUT2D eigenvalue weighted by molar-refractivity contribution is -0.140. The van der Waals surface area contributed by atoms with E-state index in [1.807, 2.05) is 0 Å². The van der Waals surface area contributed by atoms with Crippen molar-refractivity contribution < 1.29 is 24.2 Å². The molecule has 1 amide bonds. The van der Waals surface area contributed by atoms with Crippen LogP contribution in [0.5, 0.6) is 5.75 Å². The Kier molecular flexibility index (Phi) is 7.27. The zero-order valence-electron chi connectivity index (χ0n) is 18.4. The molecule has 33 heavy (non-hydrogen) atoms. The van der Waals surface area contributed by atoms with Crippen LogP contribution >= 0.6 is 11.6 Å². The Balaban J connectivity index is 1.66. The van der Waals surface area contributed by atoms with Gasteiger partial charge in [0.2, 0.25) is 0 Å². The molecular formula is C24H26ClN3O5. The first-order chi connectivity index (χ1) is 16.0. The Bertz CT molecular complexity index is 1050. The summed E-state index contributed by atoms with van der Waals surface area (Å²) in [6.45, 7) is 4.27. The number of hydrogen-bond acceptors (Lipinski definition) is 7. The molecule has 3 heterocycles. The molecule has 2 aromatic rings. The number of hydrogen-bond donors (Lipinski definition) is 1. The summed E-state index contributed by atoms with van der Waals surface area (Å²) in [5, 5.41) is 11.4. The molecule has 0 aliphatic carbocycles. The summed E-state index contributed by atoms with van der Waals surface area (Å²) >= 11 is 6.23. The number of ether oxygens (including phenoxy) is 2. The largest absolute Gasteiger partial charge is 0.507 e. The average molecular weight is 472 g/mol. The fraction of sp³-hybridized carbons (Fsp3) is 0.375.